The maximum atomic E-state index is 13.9. The van der Waals surface area contributed by atoms with Crippen LogP contribution in [0.1, 0.15) is 18.4 Å². The molecule has 0 heterocycles. The van der Waals surface area contributed by atoms with E-state index in [2.05, 4.69) is 4.52 Å². The summed E-state index contributed by atoms with van der Waals surface area (Å²) in [6, 6.07) is 6.31. The average Bonchev–Trinajstić information content (AvgIpc) is 2.50. The summed E-state index contributed by atoms with van der Waals surface area (Å²) in [5.41, 5.74) is -0.218. The zero-order valence-electron chi connectivity index (χ0n) is 13.7. The van der Waals surface area contributed by atoms with Crippen LogP contribution in [0.4, 0.5) is 21.8 Å². The quantitative estimate of drug-likeness (QED) is 0.413. The second kappa shape index (κ2) is 8.79. The molecule has 1 aromatic rings. The molecule has 0 aliphatic rings. The van der Waals surface area contributed by atoms with Gasteiger partial charge in [0, 0.05) is 12.8 Å². The Bertz CT molecular complexity index is 712. The summed E-state index contributed by atoms with van der Waals surface area (Å²) in [4.78, 5) is 21.3. The standard InChI is InChI=1S/C15H16F5O6P/c16-14(17,8-10-4-2-1-3-5-10)15(18,19)26-27(20,25)9-11(13(23)24)6-7-12(21)22/h1-5,11H,6-9H2,(H,21,22)(H,23,24). The molecule has 2 atom stereocenters. The third kappa shape index (κ3) is 7.26. The summed E-state index contributed by atoms with van der Waals surface area (Å²) in [6.45, 7) is 0. The van der Waals surface area contributed by atoms with Gasteiger partial charge < -0.3 is 10.2 Å². The molecule has 0 fully saturated rings. The fourth-order valence-electron chi connectivity index (χ4n) is 2.08. The van der Waals surface area contributed by atoms with Crippen LogP contribution in [0.15, 0.2) is 30.3 Å². The van der Waals surface area contributed by atoms with Gasteiger partial charge in [0.15, 0.2) is 0 Å². The normalized spacial score (nSPS) is 15.7. The molecular weight excluding hydrogens is 402 g/mol. The number of hydrogen-bond donors (Lipinski definition) is 2. The van der Waals surface area contributed by atoms with Gasteiger partial charge in [-0.2, -0.15) is 21.8 Å². The van der Waals surface area contributed by atoms with Crippen molar-refractivity contribution < 1.29 is 50.6 Å². The van der Waals surface area contributed by atoms with Crippen molar-refractivity contribution in [2.45, 2.75) is 31.3 Å². The summed E-state index contributed by atoms with van der Waals surface area (Å²) in [6.07, 6.45) is -10.2. The first-order valence-electron chi connectivity index (χ1n) is 7.49. The van der Waals surface area contributed by atoms with Gasteiger partial charge in [-0.25, -0.2) is 4.52 Å². The summed E-state index contributed by atoms with van der Waals surface area (Å²) >= 11 is 0. The van der Waals surface area contributed by atoms with Crippen molar-refractivity contribution in [3.05, 3.63) is 35.9 Å². The van der Waals surface area contributed by atoms with Gasteiger partial charge in [-0.3, -0.25) is 14.2 Å². The number of benzene rings is 1. The number of rotatable bonds is 11. The summed E-state index contributed by atoms with van der Waals surface area (Å²) in [5.74, 6) is -10.2. The molecule has 0 amide bonds. The lowest BCUT2D eigenvalue weighted by Gasteiger charge is -2.27. The highest BCUT2D eigenvalue weighted by Crippen LogP contribution is 2.57. The Morgan fingerprint density at radius 3 is 2.15 bits per heavy atom. The maximum absolute atomic E-state index is 13.9. The number of aliphatic carboxylic acids is 2. The van der Waals surface area contributed by atoms with Crippen LogP contribution in [0.3, 0.4) is 0 Å². The lowest BCUT2D eigenvalue weighted by atomic mass is 10.1. The van der Waals surface area contributed by atoms with Gasteiger partial charge >= 0.3 is 31.6 Å². The monoisotopic (exact) mass is 418 g/mol. The molecule has 1 rings (SSSR count). The van der Waals surface area contributed by atoms with Crippen molar-refractivity contribution in [2.75, 3.05) is 6.16 Å². The number of carbonyl (C=O) groups is 2. The van der Waals surface area contributed by atoms with E-state index in [-0.39, 0.29) is 5.56 Å². The third-order valence-corrected chi connectivity index (χ3v) is 4.82. The molecule has 6 nitrogen and oxygen atoms in total. The number of carboxylic acid groups (broad SMARTS) is 2. The van der Waals surface area contributed by atoms with E-state index in [0.717, 1.165) is 12.1 Å². The van der Waals surface area contributed by atoms with E-state index in [1.54, 1.807) is 0 Å². The average molecular weight is 418 g/mol. The maximum Gasteiger partial charge on any atom is 0.426 e. The number of alkyl halides is 4. The molecule has 0 spiro atoms. The Balaban J connectivity index is 2.88. The van der Waals surface area contributed by atoms with Gasteiger partial charge in [-0.05, 0) is 12.0 Å². The van der Waals surface area contributed by atoms with Crippen molar-refractivity contribution in [1.29, 1.82) is 0 Å². The van der Waals surface area contributed by atoms with E-state index in [0.29, 0.717) is 0 Å². The largest absolute Gasteiger partial charge is 0.481 e. The molecule has 0 saturated carbocycles. The van der Waals surface area contributed by atoms with Crippen molar-refractivity contribution in [3.8, 4) is 0 Å². The van der Waals surface area contributed by atoms with Gasteiger partial charge in [-0.15, -0.1) is 0 Å². The van der Waals surface area contributed by atoms with Crippen LogP contribution in [-0.4, -0.2) is 40.3 Å². The molecule has 0 aromatic heterocycles. The molecule has 0 aliphatic heterocycles. The second-order valence-corrected chi connectivity index (χ2v) is 7.44. The first-order valence-corrected chi connectivity index (χ1v) is 9.19. The minimum Gasteiger partial charge on any atom is -0.481 e. The fourth-order valence-corrected chi connectivity index (χ4v) is 3.50. The molecule has 0 saturated heterocycles. The van der Waals surface area contributed by atoms with Gasteiger partial charge in [0.2, 0.25) is 0 Å². The van der Waals surface area contributed by atoms with Gasteiger partial charge in [0.25, 0.3) is 0 Å². The van der Waals surface area contributed by atoms with Crippen molar-refractivity contribution in [1.82, 2.24) is 0 Å². The molecule has 1 aromatic carbocycles. The first-order chi connectivity index (χ1) is 12.3. The molecule has 2 unspecified atom stereocenters. The van der Waals surface area contributed by atoms with Crippen LogP contribution in [0.25, 0.3) is 0 Å². The molecule has 152 valence electrons. The lowest BCUT2D eigenvalue weighted by molar-refractivity contribution is -0.309. The highest BCUT2D eigenvalue weighted by atomic mass is 31.2. The zero-order chi connectivity index (χ0) is 20.9. The topological polar surface area (TPSA) is 101 Å². The van der Waals surface area contributed by atoms with Crippen LogP contribution in [0, 0.1) is 5.92 Å². The van der Waals surface area contributed by atoms with Crippen LogP contribution in [0.5, 0.6) is 0 Å². The highest BCUT2D eigenvalue weighted by molar-refractivity contribution is 7.53. The van der Waals surface area contributed by atoms with E-state index < -0.39 is 63.0 Å². The van der Waals surface area contributed by atoms with E-state index in [1.165, 1.54) is 18.2 Å². The Kier molecular flexibility index (Phi) is 7.50. The number of hydrogen-bond acceptors (Lipinski definition) is 4. The first kappa shape index (κ1) is 23.0. The predicted molar refractivity (Wildman–Crippen MR) is 82.7 cm³/mol. The van der Waals surface area contributed by atoms with Crippen LogP contribution in [0.2, 0.25) is 0 Å². The summed E-state index contributed by atoms with van der Waals surface area (Å²) < 4.78 is 83.8. The molecule has 0 aliphatic carbocycles. The Hall–Kier alpha value is -2.00. The molecule has 0 bridgehead atoms. The molecule has 12 heteroatoms. The zero-order valence-corrected chi connectivity index (χ0v) is 14.6. The smallest absolute Gasteiger partial charge is 0.426 e. The Morgan fingerprint density at radius 1 is 1.11 bits per heavy atom. The van der Waals surface area contributed by atoms with Gasteiger partial charge in [-0.1, -0.05) is 30.3 Å². The van der Waals surface area contributed by atoms with E-state index in [1.807, 2.05) is 0 Å². The van der Waals surface area contributed by atoms with E-state index in [4.69, 9.17) is 10.2 Å². The van der Waals surface area contributed by atoms with E-state index in [9.17, 15) is 35.9 Å². The van der Waals surface area contributed by atoms with Crippen LogP contribution < -0.4 is 0 Å². The Morgan fingerprint density at radius 2 is 1.67 bits per heavy atom. The number of carboxylic acids is 2. The van der Waals surface area contributed by atoms with E-state index >= 15 is 0 Å². The molecular formula is C15H16F5O6P. The SMILES string of the molecule is O=C(O)CCC(CP(=O)(F)OC(F)(F)C(F)(F)Cc1ccccc1)C(=O)O. The summed E-state index contributed by atoms with van der Waals surface area (Å²) in [5, 5.41) is 17.3. The minimum atomic E-state index is -5.99. The van der Waals surface area contributed by atoms with Crippen molar-refractivity contribution in [2.24, 2.45) is 5.92 Å². The van der Waals surface area contributed by atoms with Crippen LogP contribution >= 0.6 is 7.68 Å². The fraction of sp³-hybridized carbons (Fsp3) is 0.467. The van der Waals surface area contributed by atoms with Gasteiger partial charge in [0.1, 0.15) is 0 Å². The molecule has 2 N–H and O–H groups in total. The predicted octanol–water partition coefficient (Wildman–Crippen LogP) is 4.20. The molecule has 27 heavy (non-hydrogen) atoms. The Labute approximate surface area is 150 Å². The lowest BCUT2D eigenvalue weighted by Crippen LogP contribution is -2.44. The van der Waals surface area contributed by atoms with Gasteiger partial charge in [0.05, 0.1) is 12.1 Å². The van der Waals surface area contributed by atoms with Crippen molar-refractivity contribution >= 4 is 19.6 Å². The highest BCUT2D eigenvalue weighted by Gasteiger charge is 2.61. The summed E-state index contributed by atoms with van der Waals surface area (Å²) in [7, 11) is -5.99. The second-order valence-electron chi connectivity index (χ2n) is 5.72. The minimum absolute atomic E-state index is 0.218. The number of halogens is 5. The third-order valence-electron chi connectivity index (χ3n) is 3.44. The van der Waals surface area contributed by atoms with Crippen molar-refractivity contribution in [3.63, 3.8) is 0 Å². The van der Waals surface area contributed by atoms with Crippen LogP contribution in [-0.2, 0) is 25.1 Å². The molecule has 0 radical (unpaired) electrons.